The number of amides is 1. The molecule has 1 aliphatic heterocycles. The van der Waals surface area contributed by atoms with E-state index in [1.54, 1.807) is 6.08 Å². The fourth-order valence-electron chi connectivity index (χ4n) is 2.04. The van der Waals surface area contributed by atoms with Crippen LogP contribution in [-0.2, 0) is 11.0 Å². The van der Waals surface area contributed by atoms with E-state index in [0.29, 0.717) is 18.7 Å². The van der Waals surface area contributed by atoms with Gasteiger partial charge in [0.15, 0.2) is 0 Å². The first-order chi connectivity index (χ1) is 8.82. The third-order valence-electron chi connectivity index (χ3n) is 3.06. The molecule has 0 spiro atoms. The summed E-state index contributed by atoms with van der Waals surface area (Å²) in [6.45, 7) is 4.04. The molecule has 1 heterocycles. The maximum Gasteiger partial charge on any atom is 0.417 e. The highest BCUT2D eigenvalue weighted by atomic mass is 35.5. The highest BCUT2D eigenvalue weighted by molar-refractivity contribution is 6.31. The molecule has 19 heavy (non-hydrogen) atoms. The smallest absolute Gasteiger partial charge is 0.312 e. The van der Waals surface area contributed by atoms with Crippen LogP contribution in [0.3, 0.4) is 0 Å². The van der Waals surface area contributed by atoms with Gasteiger partial charge in [-0.2, -0.15) is 13.2 Å². The molecule has 0 N–H and O–H groups in total. The maximum atomic E-state index is 12.6. The summed E-state index contributed by atoms with van der Waals surface area (Å²) >= 11 is 5.63. The lowest BCUT2D eigenvalue weighted by molar-refractivity contribution is -0.137. The molecule has 1 aliphatic rings. The van der Waals surface area contributed by atoms with Crippen molar-refractivity contribution < 1.29 is 18.0 Å². The molecule has 0 bridgehead atoms. The van der Waals surface area contributed by atoms with E-state index < -0.39 is 16.8 Å². The Morgan fingerprint density at radius 3 is 2.58 bits per heavy atom. The van der Waals surface area contributed by atoms with Gasteiger partial charge < -0.3 is 4.90 Å². The SMILES string of the molecule is C=CC1CC(=O)N(c2ccc(C(F)(F)F)c(Cl)c2)C1. The molecule has 1 amide bonds. The Kier molecular flexibility index (Phi) is 3.58. The predicted molar refractivity (Wildman–Crippen MR) is 67.1 cm³/mol. The van der Waals surface area contributed by atoms with Crippen molar-refractivity contribution in [3.63, 3.8) is 0 Å². The molecule has 1 atom stereocenters. The second-order valence-corrected chi connectivity index (χ2v) is 4.77. The Balaban J connectivity index is 2.31. The molecular formula is C13H11ClF3NO. The second-order valence-electron chi connectivity index (χ2n) is 4.37. The standard InChI is InChI=1S/C13H11ClF3NO/c1-2-8-5-12(19)18(7-8)9-3-4-10(11(14)6-9)13(15,16)17/h2-4,6,8H,1,5,7H2. The lowest BCUT2D eigenvalue weighted by Gasteiger charge is -2.18. The molecule has 102 valence electrons. The van der Waals surface area contributed by atoms with E-state index >= 15 is 0 Å². The van der Waals surface area contributed by atoms with Crippen LogP contribution in [-0.4, -0.2) is 12.5 Å². The molecular weight excluding hydrogens is 279 g/mol. The van der Waals surface area contributed by atoms with Gasteiger partial charge in [0, 0.05) is 24.6 Å². The van der Waals surface area contributed by atoms with Gasteiger partial charge in [0.05, 0.1) is 10.6 Å². The van der Waals surface area contributed by atoms with Crippen molar-refractivity contribution in [1.29, 1.82) is 0 Å². The van der Waals surface area contributed by atoms with Crippen molar-refractivity contribution in [2.45, 2.75) is 12.6 Å². The van der Waals surface area contributed by atoms with Crippen LogP contribution < -0.4 is 4.90 Å². The molecule has 0 radical (unpaired) electrons. The maximum absolute atomic E-state index is 12.6. The molecule has 2 nitrogen and oxygen atoms in total. The average Bonchev–Trinajstić information content (AvgIpc) is 2.68. The van der Waals surface area contributed by atoms with Crippen LogP contribution in [0.15, 0.2) is 30.9 Å². The summed E-state index contributed by atoms with van der Waals surface area (Å²) in [5, 5.41) is -0.403. The van der Waals surface area contributed by atoms with Gasteiger partial charge in [0.2, 0.25) is 5.91 Å². The minimum absolute atomic E-state index is 0.0218. The van der Waals surface area contributed by atoms with Crippen LogP contribution in [0, 0.1) is 5.92 Å². The first-order valence-electron chi connectivity index (χ1n) is 5.62. The minimum Gasteiger partial charge on any atom is -0.312 e. The number of hydrogen-bond acceptors (Lipinski definition) is 1. The number of rotatable bonds is 2. The number of carbonyl (C=O) groups excluding carboxylic acids is 1. The number of halogens is 4. The van der Waals surface area contributed by atoms with Gasteiger partial charge in [0.1, 0.15) is 0 Å². The third-order valence-corrected chi connectivity index (χ3v) is 3.37. The summed E-state index contributed by atoms with van der Waals surface area (Å²) in [5.41, 5.74) is -0.516. The molecule has 6 heteroatoms. The quantitative estimate of drug-likeness (QED) is 0.756. The Labute approximate surface area is 113 Å². The van der Waals surface area contributed by atoms with Crippen LogP contribution in [0.1, 0.15) is 12.0 Å². The number of alkyl halides is 3. The summed E-state index contributed by atoms with van der Waals surface area (Å²) in [6.07, 6.45) is -2.50. The first-order valence-corrected chi connectivity index (χ1v) is 6.00. The Morgan fingerprint density at radius 2 is 2.11 bits per heavy atom. The van der Waals surface area contributed by atoms with Gasteiger partial charge in [-0.1, -0.05) is 17.7 Å². The molecule has 1 fully saturated rings. The lowest BCUT2D eigenvalue weighted by Crippen LogP contribution is -2.24. The van der Waals surface area contributed by atoms with Crippen molar-refractivity contribution in [2.75, 3.05) is 11.4 Å². The zero-order valence-corrected chi connectivity index (χ0v) is 10.6. The second kappa shape index (κ2) is 4.89. The van der Waals surface area contributed by atoms with Crippen molar-refractivity contribution in [2.24, 2.45) is 5.92 Å². The summed E-state index contributed by atoms with van der Waals surface area (Å²) < 4.78 is 37.7. The number of nitrogens with zero attached hydrogens (tertiary/aromatic N) is 1. The lowest BCUT2D eigenvalue weighted by atomic mass is 10.1. The Bertz CT molecular complexity index is 527. The molecule has 1 saturated heterocycles. The van der Waals surface area contributed by atoms with Crippen molar-refractivity contribution in [1.82, 2.24) is 0 Å². The van der Waals surface area contributed by atoms with E-state index in [1.165, 1.54) is 17.0 Å². The van der Waals surface area contributed by atoms with Crippen molar-refractivity contribution in [3.05, 3.63) is 41.4 Å². The van der Waals surface area contributed by atoms with Crippen molar-refractivity contribution >= 4 is 23.2 Å². The van der Waals surface area contributed by atoms with E-state index in [9.17, 15) is 18.0 Å². The summed E-state index contributed by atoms with van der Waals surface area (Å²) in [6, 6.07) is 3.33. The molecule has 1 aromatic carbocycles. The Morgan fingerprint density at radius 1 is 1.42 bits per heavy atom. The van der Waals surface area contributed by atoms with E-state index in [1.807, 2.05) is 0 Å². The zero-order chi connectivity index (χ0) is 14.2. The van der Waals surface area contributed by atoms with Crippen molar-refractivity contribution in [3.8, 4) is 0 Å². The Hall–Kier alpha value is -1.49. The average molecular weight is 290 g/mol. The van der Waals surface area contributed by atoms with Crippen LogP contribution in [0.25, 0.3) is 0 Å². The van der Waals surface area contributed by atoms with E-state index in [0.717, 1.165) is 6.07 Å². The van der Waals surface area contributed by atoms with E-state index in [4.69, 9.17) is 11.6 Å². The molecule has 0 aliphatic carbocycles. The fourth-order valence-corrected chi connectivity index (χ4v) is 2.33. The number of carbonyl (C=O) groups is 1. The molecule has 1 aromatic rings. The van der Waals surface area contributed by atoms with Gasteiger partial charge in [-0.05, 0) is 18.2 Å². The largest absolute Gasteiger partial charge is 0.417 e. The van der Waals surface area contributed by atoms with E-state index in [2.05, 4.69) is 6.58 Å². The highest BCUT2D eigenvalue weighted by Crippen LogP contribution is 2.37. The van der Waals surface area contributed by atoms with Gasteiger partial charge in [-0.3, -0.25) is 4.79 Å². The highest BCUT2D eigenvalue weighted by Gasteiger charge is 2.34. The zero-order valence-electron chi connectivity index (χ0n) is 9.88. The van der Waals surface area contributed by atoms with Crippen LogP contribution in [0.2, 0.25) is 5.02 Å². The number of hydrogen-bond donors (Lipinski definition) is 0. The third kappa shape index (κ3) is 2.76. The first kappa shape index (κ1) is 13.9. The molecule has 2 rings (SSSR count). The van der Waals surface area contributed by atoms with Gasteiger partial charge >= 0.3 is 6.18 Å². The summed E-state index contributed by atoms with van der Waals surface area (Å²) in [7, 11) is 0. The van der Waals surface area contributed by atoms with E-state index in [-0.39, 0.29) is 11.8 Å². The predicted octanol–water partition coefficient (Wildman–Crippen LogP) is 3.90. The number of benzene rings is 1. The fraction of sp³-hybridized carbons (Fsp3) is 0.308. The van der Waals surface area contributed by atoms with Crippen LogP contribution in [0.4, 0.5) is 18.9 Å². The monoisotopic (exact) mass is 289 g/mol. The molecule has 1 unspecified atom stereocenters. The van der Waals surface area contributed by atoms with Gasteiger partial charge in [0.25, 0.3) is 0 Å². The van der Waals surface area contributed by atoms with Crippen LogP contribution in [0.5, 0.6) is 0 Å². The van der Waals surface area contributed by atoms with Gasteiger partial charge in [-0.15, -0.1) is 6.58 Å². The van der Waals surface area contributed by atoms with Crippen LogP contribution >= 0.6 is 11.6 Å². The molecule has 0 saturated carbocycles. The normalized spacial score (nSPS) is 19.9. The van der Waals surface area contributed by atoms with Gasteiger partial charge in [-0.25, -0.2) is 0 Å². The molecule has 0 aromatic heterocycles. The topological polar surface area (TPSA) is 20.3 Å². The minimum atomic E-state index is -4.49. The summed E-state index contributed by atoms with van der Waals surface area (Å²) in [4.78, 5) is 13.2. The summed E-state index contributed by atoms with van der Waals surface area (Å²) in [5.74, 6) is -0.116. The number of anilines is 1.